The van der Waals surface area contributed by atoms with Crippen LogP contribution in [0.15, 0.2) is 59.8 Å². The third-order valence-electron chi connectivity index (χ3n) is 4.98. The van der Waals surface area contributed by atoms with Gasteiger partial charge in [0.05, 0.1) is 10.5 Å². The van der Waals surface area contributed by atoms with Gasteiger partial charge in [-0.1, -0.05) is 30.3 Å². The molecular weight excluding hydrogens is 392 g/mol. The molecule has 9 heteroatoms. The van der Waals surface area contributed by atoms with E-state index in [4.69, 9.17) is 5.11 Å². The summed E-state index contributed by atoms with van der Waals surface area (Å²) in [6.07, 6.45) is 2.75. The van der Waals surface area contributed by atoms with Crippen LogP contribution in [0.4, 0.5) is 5.95 Å². The second-order valence-electron chi connectivity index (χ2n) is 6.75. The van der Waals surface area contributed by atoms with Gasteiger partial charge < -0.3 is 10.0 Å². The Hall–Kier alpha value is -2.88. The largest absolute Gasteiger partial charge is 0.388 e. The average Bonchev–Trinajstić information content (AvgIpc) is 2.78. The van der Waals surface area contributed by atoms with Gasteiger partial charge in [-0.05, 0) is 22.9 Å². The summed E-state index contributed by atoms with van der Waals surface area (Å²) in [5.41, 5.74) is 0.244. The van der Waals surface area contributed by atoms with Crippen molar-refractivity contribution in [3.8, 4) is 0 Å². The van der Waals surface area contributed by atoms with E-state index < -0.39 is 22.4 Å². The van der Waals surface area contributed by atoms with Crippen LogP contribution in [0.2, 0.25) is 0 Å². The van der Waals surface area contributed by atoms with Gasteiger partial charge in [0, 0.05) is 38.6 Å². The number of benzene rings is 2. The molecule has 1 fully saturated rings. The van der Waals surface area contributed by atoms with Gasteiger partial charge in [0.1, 0.15) is 6.61 Å². The Balaban J connectivity index is 1.47. The summed E-state index contributed by atoms with van der Waals surface area (Å²) in [5, 5.41) is 10.8. The molecule has 4 rings (SSSR count). The fourth-order valence-electron chi connectivity index (χ4n) is 3.33. The molecule has 29 heavy (non-hydrogen) atoms. The van der Waals surface area contributed by atoms with Crippen LogP contribution in [0.25, 0.3) is 10.8 Å². The summed E-state index contributed by atoms with van der Waals surface area (Å²) in [7, 11) is -3.59. The number of fused-ring (bicyclic) bond motifs is 1. The molecule has 0 unspecified atom stereocenters. The number of aliphatic hydroxyl groups excluding tert-OH is 1. The fraction of sp³-hybridized carbons (Fsp3) is 0.250. The Kier molecular flexibility index (Phi) is 5.27. The number of Topliss-reactive ketones (excluding diaryl/α,β-unsaturated/α-hetero) is 1. The molecule has 0 bridgehead atoms. The number of anilines is 1. The summed E-state index contributed by atoms with van der Waals surface area (Å²) in [6, 6.07) is 12.8. The summed E-state index contributed by atoms with van der Waals surface area (Å²) in [4.78, 5) is 21.9. The minimum Gasteiger partial charge on any atom is -0.388 e. The van der Waals surface area contributed by atoms with Gasteiger partial charge in [-0.3, -0.25) is 4.79 Å². The number of carbonyl (C=O) groups excluding carboxylic acids is 1. The van der Waals surface area contributed by atoms with Crippen molar-refractivity contribution in [2.45, 2.75) is 4.90 Å². The first-order valence-corrected chi connectivity index (χ1v) is 10.6. The van der Waals surface area contributed by atoms with Crippen LogP contribution in [0.5, 0.6) is 0 Å². The predicted octanol–water partition coefficient (Wildman–Crippen LogP) is 1.32. The topological polar surface area (TPSA) is 104 Å². The van der Waals surface area contributed by atoms with Gasteiger partial charge in [-0.15, -0.1) is 0 Å². The molecule has 0 radical (unpaired) electrons. The summed E-state index contributed by atoms with van der Waals surface area (Å²) >= 11 is 0. The molecular formula is C20H20N4O4S. The van der Waals surface area contributed by atoms with E-state index in [1.54, 1.807) is 12.1 Å². The lowest BCUT2D eigenvalue weighted by molar-refractivity contribution is 0.0903. The number of piperazine rings is 1. The van der Waals surface area contributed by atoms with Crippen molar-refractivity contribution < 1.29 is 18.3 Å². The van der Waals surface area contributed by atoms with Crippen LogP contribution in [-0.4, -0.2) is 66.4 Å². The van der Waals surface area contributed by atoms with Crippen LogP contribution in [0, 0.1) is 0 Å². The van der Waals surface area contributed by atoms with Crippen LogP contribution in [-0.2, 0) is 10.0 Å². The highest BCUT2D eigenvalue weighted by Crippen LogP contribution is 2.23. The van der Waals surface area contributed by atoms with Crippen LogP contribution in [0.3, 0.4) is 0 Å². The highest BCUT2D eigenvalue weighted by molar-refractivity contribution is 7.89. The highest BCUT2D eigenvalue weighted by Gasteiger charge is 2.29. The molecule has 0 spiro atoms. The molecule has 0 saturated carbocycles. The zero-order chi connectivity index (χ0) is 20.4. The maximum Gasteiger partial charge on any atom is 0.243 e. The van der Waals surface area contributed by atoms with Gasteiger partial charge in [-0.25, -0.2) is 18.4 Å². The number of sulfonamides is 1. The second kappa shape index (κ2) is 7.86. The molecule has 8 nitrogen and oxygen atoms in total. The van der Waals surface area contributed by atoms with Gasteiger partial charge in [-0.2, -0.15) is 4.31 Å². The Bertz CT molecular complexity index is 1140. The number of nitrogens with zero attached hydrogens (tertiary/aromatic N) is 4. The SMILES string of the molecule is O=C(CO)c1cnc(N2CCN(S(=O)(=O)c3ccc4ccccc4c3)CC2)nc1. The van der Waals surface area contributed by atoms with Crippen molar-refractivity contribution in [1.29, 1.82) is 0 Å². The van der Waals surface area contributed by atoms with Gasteiger partial charge >= 0.3 is 0 Å². The molecule has 2 aromatic carbocycles. The van der Waals surface area contributed by atoms with Crippen LogP contribution < -0.4 is 4.90 Å². The Labute approximate surface area is 168 Å². The van der Waals surface area contributed by atoms with Crippen molar-refractivity contribution in [3.05, 3.63) is 60.4 Å². The van der Waals surface area contributed by atoms with Crippen molar-refractivity contribution in [2.75, 3.05) is 37.7 Å². The highest BCUT2D eigenvalue weighted by atomic mass is 32.2. The minimum absolute atomic E-state index is 0.244. The van der Waals surface area contributed by atoms with Crippen molar-refractivity contribution in [2.24, 2.45) is 0 Å². The van der Waals surface area contributed by atoms with Gasteiger partial charge in [0.2, 0.25) is 16.0 Å². The summed E-state index contributed by atoms with van der Waals surface area (Å²) < 4.78 is 27.6. The first-order chi connectivity index (χ1) is 14.0. The third-order valence-corrected chi connectivity index (χ3v) is 6.88. The molecule has 1 saturated heterocycles. The second-order valence-corrected chi connectivity index (χ2v) is 8.69. The van der Waals surface area contributed by atoms with Crippen molar-refractivity contribution >= 4 is 32.5 Å². The van der Waals surface area contributed by atoms with E-state index in [-0.39, 0.29) is 10.5 Å². The number of rotatable bonds is 5. The molecule has 2 heterocycles. The lowest BCUT2D eigenvalue weighted by atomic mass is 10.1. The van der Waals surface area contributed by atoms with E-state index in [9.17, 15) is 13.2 Å². The number of carbonyl (C=O) groups is 1. The Morgan fingerprint density at radius 2 is 1.62 bits per heavy atom. The summed E-state index contributed by atoms with van der Waals surface area (Å²) in [5.74, 6) is -0.00918. The lowest BCUT2D eigenvalue weighted by Gasteiger charge is -2.34. The number of ketones is 1. The predicted molar refractivity (Wildman–Crippen MR) is 108 cm³/mol. The zero-order valence-electron chi connectivity index (χ0n) is 15.6. The molecule has 1 aliphatic heterocycles. The molecule has 1 aliphatic rings. The Morgan fingerprint density at radius 3 is 2.28 bits per heavy atom. The minimum atomic E-state index is -3.59. The summed E-state index contributed by atoms with van der Waals surface area (Å²) in [6.45, 7) is 0.930. The van der Waals surface area contributed by atoms with Gasteiger partial charge in [0.15, 0.2) is 5.78 Å². The Morgan fingerprint density at radius 1 is 0.966 bits per heavy atom. The molecule has 0 aliphatic carbocycles. The van der Waals surface area contributed by atoms with Crippen LogP contribution >= 0.6 is 0 Å². The smallest absolute Gasteiger partial charge is 0.243 e. The average molecular weight is 412 g/mol. The molecule has 0 amide bonds. The molecule has 0 atom stereocenters. The first-order valence-electron chi connectivity index (χ1n) is 9.19. The first kappa shape index (κ1) is 19.4. The lowest BCUT2D eigenvalue weighted by Crippen LogP contribution is -2.49. The normalized spacial score (nSPS) is 15.6. The molecule has 150 valence electrons. The zero-order valence-corrected chi connectivity index (χ0v) is 16.4. The van der Waals surface area contributed by atoms with Crippen LogP contribution in [0.1, 0.15) is 10.4 Å². The van der Waals surface area contributed by atoms with E-state index in [0.29, 0.717) is 32.1 Å². The standard InChI is InChI=1S/C20H20N4O4S/c25-14-19(26)17-12-21-20(22-13-17)23-7-9-24(10-8-23)29(27,28)18-6-5-15-3-1-2-4-16(15)11-18/h1-6,11-13,25H,7-10,14H2. The maximum atomic E-state index is 13.0. The monoisotopic (exact) mass is 412 g/mol. The number of hydrogen-bond donors (Lipinski definition) is 1. The van der Waals surface area contributed by atoms with E-state index >= 15 is 0 Å². The van der Waals surface area contributed by atoms with E-state index in [1.165, 1.54) is 16.7 Å². The van der Waals surface area contributed by atoms with E-state index in [0.717, 1.165) is 10.8 Å². The van der Waals surface area contributed by atoms with Crippen molar-refractivity contribution in [1.82, 2.24) is 14.3 Å². The van der Waals surface area contributed by atoms with Gasteiger partial charge in [0.25, 0.3) is 0 Å². The van der Waals surface area contributed by atoms with E-state index in [2.05, 4.69) is 9.97 Å². The number of aliphatic hydroxyl groups is 1. The fourth-order valence-corrected chi connectivity index (χ4v) is 4.78. The molecule has 1 aromatic heterocycles. The van der Waals surface area contributed by atoms with E-state index in [1.807, 2.05) is 35.2 Å². The number of hydrogen-bond acceptors (Lipinski definition) is 7. The maximum absolute atomic E-state index is 13.0. The molecule has 3 aromatic rings. The third kappa shape index (κ3) is 3.84. The quantitative estimate of drug-likeness (QED) is 0.630. The number of aromatic nitrogens is 2. The van der Waals surface area contributed by atoms with Crippen molar-refractivity contribution in [3.63, 3.8) is 0 Å². The molecule has 1 N–H and O–H groups in total.